The first-order valence-electron chi connectivity index (χ1n) is 6.78. The number of fused-ring (bicyclic) bond motifs is 11. The summed E-state index contributed by atoms with van der Waals surface area (Å²) in [7, 11) is 0. The van der Waals surface area contributed by atoms with E-state index in [0.29, 0.717) is 26.2 Å². The average molecular weight is 254 g/mol. The maximum Gasteiger partial charge on any atom is 0.312 e. The third kappa shape index (κ3) is 3.43. The molecule has 0 unspecified atom stereocenters. The molecule has 0 saturated carbocycles. The van der Waals surface area contributed by atoms with Crippen LogP contribution in [0.2, 0.25) is 0 Å². The van der Waals surface area contributed by atoms with Gasteiger partial charge in [0.1, 0.15) is 0 Å². The lowest BCUT2D eigenvalue weighted by molar-refractivity contribution is -0.156. The summed E-state index contributed by atoms with van der Waals surface area (Å²) in [6.45, 7) is 6.41. The molecule has 6 heteroatoms. The fraction of sp³-hybridized carbons (Fsp3) is 0.833. The van der Waals surface area contributed by atoms with E-state index >= 15 is 0 Å². The van der Waals surface area contributed by atoms with Crippen LogP contribution in [0.3, 0.4) is 0 Å². The normalized spacial score (nSPS) is 24.2. The van der Waals surface area contributed by atoms with Crippen LogP contribution in [0.15, 0.2) is 0 Å². The lowest BCUT2D eigenvalue weighted by Crippen LogP contribution is -2.55. The first-order valence-corrected chi connectivity index (χ1v) is 6.78. The molecule has 18 heavy (non-hydrogen) atoms. The van der Waals surface area contributed by atoms with Gasteiger partial charge in [0, 0.05) is 39.3 Å². The summed E-state index contributed by atoms with van der Waals surface area (Å²) in [6.07, 6.45) is 1.80. The molecule has 6 nitrogen and oxygen atoms in total. The number of nitrogens with one attached hydrogen (secondary N) is 2. The standard InChI is InChI=1S/C12H22N4O2/c17-11-12(18)16-8-2-4-14-6-5-13-3-1-7-15(11)9-10-16/h13-14H,1-10H2. The smallest absolute Gasteiger partial charge is 0.312 e. The van der Waals surface area contributed by atoms with Crippen LogP contribution >= 0.6 is 0 Å². The zero-order valence-corrected chi connectivity index (χ0v) is 10.8. The zero-order chi connectivity index (χ0) is 12.8. The number of hydrogen-bond acceptors (Lipinski definition) is 4. The van der Waals surface area contributed by atoms with Crippen LogP contribution in [0.1, 0.15) is 12.8 Å². The molecule has 3 heterocycles. The Hall–Kier alpha value is -1.14. The van der Waals surface area contributed by atoms with Crippen LogP contribution in [0.5, 0.6) is 0 Å². The molecule has 3 aliphatic rings. The van der Waals surface area contributed by atoms with Crippen molar-refractivity contribution >= 4 is 11.8 Å². The quantitative estimate of drug-likeness (QED) is 0.524. The van der Waals surface area contributed by atoms with Crippen molar-refractivity contribution in [3.05, 3.63) is 0 Å². The van der Waals surface area contributed by atoms with Gasteiger partial charge in [0.25, 0.3) is 0 Å². The molecule has 3 fully saturated rings. The fourth-order valence-electron chi connectivity index (χ4n) is 2.36. The number of carbonyl (C=O) groups is 2. The van der Waals surface area contributed by atoms with Crippen molar-refractivity contribution in [2.75, 3.05) is 52.4 Å². The van der Waals surface area contributed by atoms with E-state index in [1.807, 2.05) is 0 Å². The molecular weight excluding hydrogens is 232 g/mol. The maximum atomic E-state index is 11.9. The van der Waals surface area contributed by atoms with Crippen molar-refractivity contribution in [2.45, 2.75) is 12.8 Å². The highest BCUT2D eigenvalue weighted by atomic mass is 16.2. The van der Waals surface area contributed by atoms with Crippen molar-refractivity contribution < 1.29 is 9.59 Å². The van der Waals surface area contributed by atoms with Crippen molar-refractivity contribution in [3.63, 3.8) is 0 Å². The van der Waals surface area contributed by atoms with Crippen LogP contribution in [0, 0.1) is 0 Å². The summed E-state index contributed by atoms with van der Waals surface area (Å²) in [5, 5.41) is 6.65. The van der Waals surface area contributed by atoms with Crippen molar-refractivity contribution in [1.82, 2.24) is 20.4 Å². The molecule has 0 aromatic heterocycles. The second kappa shape index (κ2) is 6.70. The van der Waals surface area contributed by atoms with Gasteiger partial charge in [-0.2, -0.15) is 0 Å². The van der Waals surface area contributed by atoms with Gasteiger partial charge in [-0.1, -0.05) is 0 Å². The monoisotopic (exact) mass is 254 g/mol. The number of nitrogens with zero attached hydrogens (tertiary/aromatic N) is 2. The Morgan fingerprint density at radius 2 is 1.11 bits per heavy atom. The Morgan fingerprint density at radius 1 is 0.667 bits per heavy atom. The van der Waals surface area contributed by atoms with E-state index in [2.05, 4.69) is 10.6 Å². The summed E-state index contributed by atoms with van der Waals surface area (Å²) < 4.78 is 0. The largest absolute Gasteiger partial charge is 0.333 e. The predicted molar refractivity (Wildman–Crippen MR) is 68.1 cm³/mol. The Kier molecular flexibility index (Phi) is 4.95. The number of hydrogen-bond donors (Lipinski definition) is 2. The van der Waals surface area contributed by atoms with Gasteiger partial charge in [0.15, 0.2) is 0 Å². The highest BCUT2D eigenvalue weighted by Gasteiger charge is 2.31. The van der Waals surface area contributed by atoms with Crippen LogP contribution in [0.4, 0.5) is 0 Å². The van der Waals surface area contributed by atoms with Crippen molar-refractivity contribution in [3.8, 4) is 0 Å². The number of rotatable bonds is 0. The third-order valence-corrected chi connectivity index (χ3v) is 3.44. The molecule has 0 atom stereocenters. The molecule has 3 saturated heterocycles. The SMILES string of the molecule is O=C1C(=O)N2CCCNCCNCCCN1CC2. The predicted octanol–water partition coefficient (Wildman–Crippen LogP) is -1.37. The molecule has 3 rings (SSSR count). The molecule has 0 aromatic carbocycles. The van der Waals surface area contributed by atoms with E-state index in [1.165, 1.54) is 0 Å². The van der Waals surface area contributed by atoms with Crippen molar-refractivity contribution in [1.29, 1.82) is 0 Å². The van der Waals surface area contributed by atoms with Gasteiger partial charge in [-0.15, -0.1) is 0 Å². The molecule has 0 aliphatic carbocycles. The molecule has 0 radical (unpaired) electrons. The van der Waals surface area contributed by atoms with Gasteiger partial charge >= 0.3 is 11.8 Å². The topological polar surface area (TPSA) is 64.7 Å². The second-order valence-corrected chi connectivity index (χ2v) is 4.79. The van der Waals surface area contributed by atoms with Gasteiger partial charge in [-0.05, 0) is 25.9 Å². The first kappa shape index (κ1) is 13.3. The van der Waals surface area contributed by atoms with Crippen LogP contribution in [0.25, 0.3) is 0 Å². The summed E-state index contributed by atoms with van der Waals surface area (Å²) in [4.78, 5) is 27.1. The minimum atomic E-state index is -0.328. The first-order chi connectivity index (χ1) is 8.79. The van der Waals surface area contributed by atoms with E-state index in [9.17, 15) is 9.59 Å². The molecule has 0 spiro atoms. The zero-order valence-electron chi connectivity index (χ0n) is 10.8. The maximum absolute atomic E-state index is 11.9. The van der Waals surface area contributed by atoms with Gasteiger partial charge in [-0.3, -0.25) is 9.59 Å². The average Bonchev–Trinajstić information content (AvgIpc) is 2.38. The minimum Gasteiger partial charge on any atom is -0.333 e. The molecule has 102 valence electrons. The number of carbonyl (C=O) groups excluding carboxylic acids is 2. The third-order valence-electron chi connectivity index (χ3n) is 3.44. The lowest BCUT2D eigenvalue weighted by Gasteiger charge is -2.34. The van der Waals surface area contributed by atoms with Crippen molar-refractivity contribution in [2.24, 2.45) is 0 Å². The molecule has 3 aliphatic heterocycles. The van der Waals surface area contributed by atoms with E-state index in [-0.39, 0.29) is 11.8 Å². The Labute approximate surface area is 108 Å². The Morgan fingerprint density at radius 3 is 1.56 bits per heavy atom. The summed E-state index contributed by atoms with van der Waals surface area (Å²) in [5.74, 6) is -0.655. The number of amides is 2. The minimum absolute atomic E-state index is 0.328. The summed E-state index contributed by atoms with van der Waals surface area (Å²) in [5.41, 5.74) is 0. The van der Waals surface area contributed by atoms with Gasteiger partial charge in [0.05, 0.1) is 0 Å². The summed E-state index contributed by atoms with van der Waals surface area (Å²) in [6, 6.07) is 0. The Balaban J connectivity index is 1.93. The van der Waals surface area contributed by atoms with E-state index in [1.54, 1.807) is 9.80 Å². The van der Waals surface area contributed by atoms with Gasteiger partial charge in [0.2, 0.25) is 0 Å². The van der Waals surface area contributed by atoms with Crippen LogP contribution < -0.4 is 10.6 Å². The van der Waals surface area contributed by atoms with Gasteiger partial charge in [-0.25, -0.2) is 0 Å². The highest BCUT2D eigenvalue weighted by Crippen LogP contribution is 2.06. The molecule has 2 bridgehead atoms. The Bertz CT molecular complexity index is 274. The number of piperazine rings is 1. The lowest BCUT2D eigenvalue weighted by atomic mass is 10.2. The van der Waals surface area contributed by atoms with Gasteiger partial charge < -0.3 is 20.4 Å². The summed E-state index contributed by atoms with van der Waals surface area (Å²) >= 11 is 0. The second-order valence-electron chi connectivity index (χ2n) is 4.79. The van der Waals surface area contributed by atoms with Crippen LogP contribution in [-0.4, -0.2) is 74.0 Å². The van der Waals surface area contributed by atoms with Crippen LogP contribution in [-0.2, 0) is 9.59 Å². The fourth-order valence-corrected chi connectivity index (χ4v) is 2.36. The highest BCUT2D eigenvalue weighted by molar-refractivity contribution is 6.35. The molecular formula is C12H22N4O2. The molecule has 0 aromatic rings. The molecule has 2 amide bonds. The van der Waals surface area contributed by atoms with E-state index < -0.39 is 0 Å². The molecule has 2 N–H and O–H groups in total. The van der Waals surface area contributed by atoms with E-state index in [0.717, 1.165) is 39.0 Å². The van der Waals surface area contributed by atoms with E-state index in [4.69, 9.17) is 0 Å².